The molecule has 0 atom stereocenters. The Bertz CT molecular complexity index is 396. The van der Waals surface area contributed by atoms with Crippen LogP contribution in [0.2, 0.25) is 0 Å². The van der Waals surface area contributed by atoms with Gasteiger partial charge >= 0.3 is 0 Å². The first-order chi connectivity index (χ1) is 8.15. The van der Waals surface area contributed by atoms with Crippen LogP contribution in [0.4, 0.5) is 0 Å². The number of nitrogens with one attached hydrogen (secondary N) is 1. The van der Waals surface area contributed by atoms with Gasteiger partial charge in [-0.1, -0.05) is 35.2 Å². The molecule has 0 unspecified atom stereocenters. The van der Waals surface area contributed by atoms with Crippen molar-refractivity contribution in [3.63, 3.8) is 0 Å². The molecule has 1 aromatic rings. The molecule has 1 amide bonds. The Hall–Kier alpha value is -0.840. The van der Waals surface area contributed by atoms with E-state index < -0.39 is 0 Å². The summed E-state index contributed by atoms with van der Waals surface area (Å²) in [6.45, 7) is 0. The lowest BCUT2D eigenvalue weighted by Gasteiger charge is -2.36. The first-order valence-electron chi connectivity index (χ1n) is 6.02. The summed E-state index contributed by atoms with van der Waals surface area (Å²) in [7, 11) is 1.87. The second-order valence-corrected chi connectivity index (χ2v) is 5.41. The van der Waals surface area contributed by atoms with Crippen LogP contribution in [0.15, 0.2) is 12.5 Å². The van der Waals surface area contributed by atoms with Crippen LogP contribution in [0.1, 0.15) is 42.6 Å². The fraction of sp³-hybridized carbons (Fsp3) is 0.667. The average molecular weight is 300 g/mol. The molecule has 0 aliphatic heterocycles. The van der Waals surface area contributed by atoms with Crippen LogP contribution in [0.25, 0.3) is 0 Å². The summed E-state index contributed by atoms with van der Waals surface area (Å²) in [4.78, 5) is 16.2. The van der Waals surface area contributed by atoms with Crippen molar-refractivity contribution in [2.45, 2.75) is 37.6 Å². The highest BCUT2D eigenvalue weighted by molar-refractivity contribution is 9.09. The smallest absolute Gasteiger partial charge is 0.271 e. The van der Waals surface area contributed by atoms with Crippen molar-refractivity contribution in [1.29, 1.82) is 0 Å². The van der Waals surface area contributed by atoms with Gasteiger partial charge in [-0.15, -0.1) is 0 Å². The minimum Gasteiger partial charge on any atom is -0.344 e. The third-order valence-electron chi connectivity index (χ3n) is 3.38. The Morgan fingerprint density at radius 1 is 1.53 bits per heavy atom. The zero-order valence-electron chi connectivity index (χ0n) is 10.1. The second-order valence-electron chi connectivity index (χ2n) is 4.85. The van der Waals surface area contributed by atoms with E-state index in [1.165, 1.54) is 19.3 Å². The number of amides is 1. The average Bonchev–Trinajstić information content (AvgIpc) is 2.77. The van der Waals surface area contributed by atoms with E-state index in [-0.39, 0.29) is 11.4 Å². The van der Waals surface area contributed by atoms with Gasteiger partial charge in [-0.2, -0.15) is 0 Å². The number of hydrogen-bond donors (Lipinski definition) is 1. The standard InChI is InChI=1S/C12H18BrN3O/c1-16-7-10(14-9-16)11(17)15-12(8-13)5-3-2-4-6-12/h7,9H,2-6,8H2,1H3,(H,15,17). The predicted molar refractivity (Wildman–Crippen MR) is 70.3 cm³/mol. The van der Waals surface area contributed by atoms with Gasteiger partial charge < -0.3 is 9.88 Å². The Morgan fingerprint density at radius 2 is 2.24 bits per heavy atom. The quantitative estimate of drug-likeness (QED) is 0.870. The zero-order chi connectivity index (χ0) is 12.3. The number of rotatable bonds is 3. The van der Waals surface area contributed by atoms with Crippen molar-refractivity contribution in [2.24, 2.45) is 7.05 Å². The molecular weight excluding hydrogens is 282 g/mol. The van der Waals surface area contributed by atoms with E-state index in [2.05, 4.69) is 26.2 Å². The van der Waals surface area contributed by atoms with E-state index in [1.807, 2.05) is 7.05 Å². The predicted octanol–water partition coefficient (Wildman–Crippen LogP) is 2.25. The summed E-state index contributed by atoms with van der Waals surface area (Å²) < 4.78 is 1.79. The molecule has 4 nitrogen and oxygen atoms in total. The molecule has 1 heterocycles. The molecule has 2 rings (SSSR count). The van der Waals surface area contributed by atoms with Crippen LogP contribution in [0.3, 0.4) is 0 Å². The highest BCUT2D eigenvalue weighted by Gasteiger charge is 2.33. The number of hydrogen-bond acceptors (Lipinski definition) is 2. The monoisotopic (exact) mass is 299 g/mol. The number of imidazole rings is 1. The number of aromatic nitrogens is 2. The van der Waals surface area contributed by atoms with Crippen molar-refractivity contribution in [3.8, 4) is 0 Å². The van der Waals surface area contributed by atoms with E-state index in [9.17, 15) is 4.79 Å². The Balaban J connectivity index is 2.05. The zero-order valence-corrected chi connectivity index (χ0v) is 11.7. The van der Waals surface area contributed by atoms with Crippen molar-refractivity contribution < 1.29 is 4.79 Å². The molecule has 0 aromatic carbocycles. The summed E-state index contributed by atoms with van der Waals surface area (Å²) in [6, 6.07) is 0. The van der Waals surface area contributed by atoms with Crippen molar-refractivity contribution in [1.82, 2.24) is 14.9 Å². The highest BCUT2D eigenvalue weighted by atomic mass is 79.9. The van der Waals surface area contributed by atoms with E-state index in [4.69, 9.17) is 0 Å². The van der Waals surface area contributed by atoms with Crippen LogP contribution >= 0.6 is 15.9 Å². The molecule has 17 heavy (non-hydrogen) atoms. The maximum Gasteiger partial charge on any atom is 0.271 e. The Kier molecular flexibility index (Phi) is 3.86. The van der Waals surface area contributed by atoms with E-state index in [1.54, 1.807) is 17.1 Å². The van der Waals surface area contributed by atoms with Crippen molar-refractivity contribution in [2.75, 3.05) is 5.33 Å². The summed E-state index contributed by atoms with van der Waals surface area (Å²) in [5, 5.41) is 3.97. The highest BCUT2D eigenvalue weighted by Crippen LogP contribution is 2.30. The van der Waals surface area contributed by atoms with Crippen LogP contribution in [-0.4, -0.2) is 26.3 Å². The number of halogens is 1. The van der Waals surface area contributed by atoms with Gasteiger partial charge in [0.05, 0.1) is 11.9 Å². The summed E-state index contributed by atoms with van der Waals surface area (Å²) in [5.41, 5.74) is 0.422. The fourth-order valence-corrected chi connectivity index (χ4v) is 3.06. The van der Waals surface area contributed by atoms with E-state index >= 15 is 0 Å². The molecule has 1 saturated carbocycles. The molecule has 0 spiro atoms. The van der Waals surface area contributed by atoms with Gasteiger partial charge in [0, 0.05) is 18.6 Å². The molecule has 1 aromatic heterocycles. The molecule has 1 N–H and O–H groups in total. The number of carbonyl (C=O) groups excluding carboxylic acids is 1. The Morgan fingerprint density at radius 3 is 2.76 bits per heavy atom. The van der Waals surface area contributed by atoms with E-state index in [0.717, 1.165) is 18.2 Å². The van der Waals surface area contributed by atoms with Gasteiger partial charge in [0.1, 0.15) is 5.69 Å². The third kappa shape index (κ3) is 2.89. The number of aryl methyl sites for hydroxylation is 1. The second kappa shape index (κ2) is 5.21. The largest absolute Gasteiger partial charge is 0.344 e. The molecule has 1 aliphatic carbocycles. The van der Waals surface area contributed by atoms with Gasteiger partial charge in [-0.25, -0.2) is 4.98 Å². The van der Waals surface area contributed by atoms with Gasteiger partial charge in [-0.3, -0.25) is 4.79 Å². The normalized spacial score (nSPS) is 18.9. The first-order valence-corrected chi connectivity index (χ1v) is 7.14. The summed E-state index contributed by atoms with van der Waals surface area (Å²) in [6.07, 6.45) is 9.15. The lowest BCUT2D eigenvalue weighted by Crippen LogP contribution is -2.51. The summed E-state index contributed by atoms with van der Waals surface area (Å²) >= 11 is 3.53. The SMILES string of the molecule is Cn1cnc(C(=O)NC2(CBr)CCCCC2)c1. The van der Waals surface area contributed by atoms with Crippen LogP contribution in [-0.2, 0) is 7.05 Å². The molecule has 0 saturated heterocycles. The van der Waals surface area contributed by atoms with Gasteiger partial charge in [0.15, 0.2) is 0 Å². The molecule has 5 heteroatoms. The van der Waals surface area contributed by atoms with Crippen molar-refractivity contribution in [3.05, 3.63) is 18.2 Å². The van der Waals surface area contributed by atoms with Crippen LogP contribution in [0.5, 0.6) is 0 Å². The molecular formula is C12H18BrN3O. The van der Waals surface area contributed by atoms with Gasteiger partial charge in [0.2, 0.25) is 0 Å². The molecule has 94 valence electrons. The maximum atomic E-state index is 12.1. The van der Waals surface area contributed by atoms with Crippen LogP contribution in [0, 0.1) is 0 Å². The van der Waals surface area contributed by atoms with Gasteiger partial charge in [0.25, 0.3) is 5.91 Å². The topological polar surface area (TPSA) is 46.9 Å². The third-order valence-corrected chi connectivity index (χ3v) is 4.46. The maximum absolute atomic E-state index is 12.1. The molecule has 0 radical (unpaired) electrons. The van der Waals surface area contributed by atoms with E-state index in [0.29, 0.717) is 5.69 Å². The van der Waals surface area contributed by atoms with Gasteiger partial charge in [-0.05, 0) is 12.8 Å². The number of carbonyl (C=O) groups is 1. The molecule has 1 aliphatic rings. The van der Waals surface area contributed by atoms with Crippen molar-refractivity contribution >= 4 is 21.8 Å². The first kappa shape index (κ1) is 12.6. The molecule has 1 fully saturated rings. The minimum atomic E-state index is -0.0765. The number of nitrogens with zero attached hydrogens (tertiary/aromatic N) is 2. The molecule has 0 bridgehead atoms. The number of alkyl halides is 1. The Labute approximate surface area is 110 Å². The fourth-order valence-electron chi connectivity index (χ4n) is 2.36. The minimum absolute atomic E-state index is 0.0630. The lowest BCUT2D eigenvalue weighted by molar-refractivity contribution is 0.0881. The van der Waals surface area contributed by atoms with Crippen LogP contribution < -0.4 is 5.32 Å². The lowest BCUT2D eigenvalue weighted by atomic mass is 9.83. The summed E-state index contributed by atoms with van der Waals surface area (Å²) in [5.74, 6) is -0.0630.